The molecule has 0 spiro atoms. The Labute approximate surface area is 135 Å². The molecule has 22 heavy (non-hydrogen) atoms. The Hall–Kier alpha value is -2.19. The normalized spacial score (nSPS) is 11.8. The summed E-state index contributed by atoms with van der Waals surface area (Å²) in [5.41, 5.74) is 1.98. The maximum absolute atomic E-state index is 11.8. The molecule has 0 saturated heterocycles. The van der Waals surface area contributed by atoms with Crippen molar-refractivity contribution in [3.05, 3.63) is 41.9 Å². The lowest BCUT2D eigenvalue weighted by atomic mass is 10.2. The van der Waals surface area contributed by atoms with Crippen LogP contribution in [0.15, 0.2) is 55.8 Å². The van der Waals surface area contributed by atoms with Crippen LogP contribution in [0.2, 0.25) is 0 Å². The Morgan fingerprint density at radius 2 is 2.23 bits per heavy atom. The van der Waals surface area contributed by atoms with E-state index in [1.165, 1.54) is 27.8 Å². The van der Waals surface area contributed by atoms with Crippen molar-refractivity contribution in [3.63, 3.8) is 0 Å². The number of thioether (sulfide) groups is 1. The average Bonchev–Trinajstić information content (AvgIpc) is 3.15. The van der Waals surface area contributed by atoms with Crippen molar-refractivity contribution in [2.75, 3.05) is 5.75 Å². The average molecular weight is 332 g/mol. The van der Waals surface area contributed by atoms with E-state index in [1.807, 2.05) is 35.7 Å². The number of aromatic nitrogens is 3. The number of nitrogens with zero attached hydrogens (tertiary/aromatic N) is 4. The van der Waals surface area contributed by atoms with Gasteiger partial charge in [-0.15, -0.1) is 11.3 Å². The van der Waals surface area contributed by atoms with Gasteiger partial charge in [0.05, 0.1) is 5.69 Å². The molecule has 0 saturated carbocycles. The molecular weight excluding hydrogens is 320 g/mol. The van der Waals surface area contributed by atoms with Crippen molar-refractivity contribution in [3.8, 4) is 11.3 Å². The molecule has 0 radical (unpaired) electrons. The smallest absolute Gasteiger partial charge is 0.320 e. The summed E-state index contributed by atoms with van der Waals surface area (Å²) < 4.78 is 7.14. The van der Waals surface area contributed by atoms with Crippen LogP contribution in [0.4, 0.5) is 5.88 Å². The zero-order valence-electron chi connectivity index (χ0n) is 11.7. The molecule has 0 unspecified atom stereocenters. The zero-order valence-corrected chi connectivity index (χ0v) is 13.3. The van der Waals surface area contributed by atoms with E-state index >= 15 is 0 Å². The van der Waals surface area contributed by atoms with Gasteiger partial charge in [0.25, 0.3) is 6.20 Å². The van der Waals surface area contributed by atoms with Gasteiger partial charge in [-0.3, -0.25) is 4.52 Å². The minimum absolute atomic E-state index is 0.206. The third-order valence-electron chi connectivity index (χ3n) is 2.67. The highest BCUT2D eigenvalue weighted by molar-refractivity contribution is 8.01. The van der Waals surface area contributed by atoms with E-state index < -0.39 is 0 Å². The fraction of sp³-hybridized carbons (Fsp3) is 0.143. The number of hydrogen-bond donors (Lipinski definition) is 0. The summed E-state index contributed by atoms with van der Waals surface area (Å²) in [7, 11) is 1.70. The molecule has 0 aliphatic carbocycles. The van der Waals surface area contributed by atoms with E-state index in [0.29, 0.717) is 0 Å². The third kappa shape index (κ3) is 3.71. The van der Waals surface area contributed by atoms with Gasteiger partial charge in [-0.2, -0.15) is 0 Å². The second-order valence-corrected chi connectivity index (χ2v) is 6.45. The molecular formula is C14H12N4O2S2. The predicted molar refractivity (Wildman–Crippen MR) is 83.0 cm³/mol. The second-order valence-electron chi connectivity index (χ2n) is 4.37. The molecule has 112 valence electrons. The molecule has 0 bridgehead atoms. The lowest BCUT2D eigenvalue weighted by Crippen LogP contribution is -2.27. The summed E-state index contributed by atoms with van der Waals surface area (Å²) in [5, 5.41) is 17.3. The Morgan fingerprint density at radius 1 is 1.41 bits per heavy atom. The van der Waals surface area contributed by atoms with Gasteiger partial charge in [0.15, 0.2) is 16.7 Å². The van der Waals surface area contributed by atoms with Crippen LogP contribution in [0.3, 0.4) is 0 Å². The first-order valence-electron chi connectivity index (χ1n) is 6.41. The topological polar surface area (TPSA) is 78.2 Å². The summed E-state index contributed by atoms with van der Waals surface area (Å²) in [4.78, 5) is 8.34. The first kappa shape index (κ1) is 14.7. The maximum Gasteiger partial charge on any atom is 0.320 e. The summed E-state index contributed by atoms with van der Waals surface area (Å²) in [6, 6.07) is 9.93. The van der Waals surface area contributed by atoms with E-state index in [9.17, 15) is 5.11 Å². The van der Waals surface area contributed by atoms with Gasteiger partial charge in [0, 0.05) is 16.7 Å². The molecule has 1 aromatic carbocycles. The van der Waals surface area contributed by atoms with E-state index in [1.54, 1.807) is 13.2 Å². The molecule has 8 heteroatoms. The molecule has 0 fully saturated rings. The van der Waals surface area contributed by atoms with Crippen LogP contribution in [0.1, 0.15) is 0 Å². The standard InChI is InChI=1S/C14H12N4O2S2/c1-18-7-13(20-17-18)16-12(19)9-22-14-15-11(8-21-14)10-5-3-2-4-6-10/h2-8H,9H2,1H3. The van der Waals surface area contributed by atoms with Crippen LogP contribution in [0.25, 0.3) is 11.3 Å². The lowest BCUT2D eigenvalue weighted by Gasteiger charge is -2.06. The van der Waals surface area contributed by atoms with Crippen LogP contribution in [-0.2, 0) is 7.05 Å². The zero-order chi connectivity index (χ0) is 15.4. The van der Waals surface area contributed by atoms with E-state index in [0.717, 1.165) is 15.6 Å². The quantitative estimate of drug-likeness (QED) is 0.308. The van der Waals surface area contributed by atoms with Crippen molar-refractivity contribution in [2.24, 2.45) is 12.0 Å². The lowest BCUT2D eigenvalue weighted by molar-refractivity contribution is -0.739. The van der Waals surface area contributed by atoms with Gasteiger partial charge in [-0.1, -0.05) is 46.8 Å². The first-order chi connectivity index (χ1) is 10.7. The second kappa shape index (κ2) is 6.71. The van der Waals surface area contributed by atoms with Crippen LogP contribution in [0, 0.1) is 0 Å². The van der Waals surface area contributed by atoms with E-state index in [2.05, 4.69) is 15.2 Å². The minimum atomic E-state index is -0.279. The first-order valence-corrected chi connectivity index (χ1v) is 8.28. The fourth-order valence-corrected chi connectivity index (χ4v) is 3.33. The van der Waals surface area contributed by atoms with Crippen LogP contribution in [0.5, 0.6) is 0 Å². The highest BCUT2D eigenvalue weighted by atomic mass is 32.2. The molecule has 2 aromatic heterocycles. The molecule has 0 aliphatic rings. The Balaban J connectivity index is 1.62. The van der Waals surface area contributed by atoms with Crippen molar-refractivity contribution in [1.82, 2.24) is 10.3 Å². The van der Waals surface area contributed by atoms with Gasteiger partial charge < -0.3 is 5.11 Å². The summed E-state index contributed by atoms with van der Waals surface area (Å²) in [6.07, 6.45) is 1.54. The highest BCUT2D eigenvalue weighted by Gasteiger charge is 2.06. The molecule has 6 nitrogen and oxygen atoms in total. The van der Waals surface area contributed by atoms with Gasteiger partial charge in [-0.25, -0.2) is 9.98 Å². The van der Waals surface area contributed by atoms with Crippen molar-refractivity contribution in [1.29, 1.82) is 0 Å². The molecule has 0 aliphatic heterocycles. The summed E-state index contributed by atoms with van der Waals surface area (Å²) >= 11 is 2.88. The number of thiazole rings is 1. The third-order valence-corrected chi connectivity index (χ3v) is 4.67. The highest BCUT2D eigenvalue weighted by Crippen LogP contribution is 2.28. The molecule has 3 rings (SSSR count). The number of rotatable bonds is 5. The number of aryl methyl sites for hydroxylation is 1. The SMILES string of the molecule is C[n+]1cc(/N=C(/[O-])CSc2nc(-c3ccccc3)cs2)on1. The maximum atomic E-state index is 11.8. The van der Waals surface area contributed by atoms with Gasteiger partial charge in [0.2, 0.25) is 0 Å². The molecule has 0 atom stereocenters. The van der Waals surface area contributed by atoms with Crippen LogP contribution in [-0.4, -0.2) is 21.9 Å². The van der Waals surface area contributed by atoms with E-state index in [4.69, 9.17) is 4.52 Å². The van der Waals surface area contributed by atoms with Crippen LogP contribution < -0.4 is 9.79 Å². The number of hydrogen-bond acceptors (Lipinski definition) is 7. The predicted octanol–water partition coefficient (Wildman–Crippen LogP) is 1.81. The number of aliphatic imine (C=N–C) groups is 1. The Kier molecular flexibility index (Phi) is 4.50. The molecule has 2 heterocycles. The van der Waals surface area contributed by atoms with Gasteiger partial charge >= 0.3 is 5.88 Å². The molecule has 3 aromatic rings. The van der Waals surface area contributed by atoms with E-state index in [-0.39, 0.29) is 17.5 Å². The summed E-state index contributed by atoms with van der Waals surface area (Å²) in [6.45, 7) is 0. The summed E-state index contributed by atoms with van der Waals surface area (Å²) in [5.74, 6) is 0.141. The molecule has 0 amide bonds. The Bertz CT molecular complexity index is 783. The minimum Gasteiger partial charge on any atom is -0.861 e. The number of benzene rings is 1. The van der Waals surface area contributed by atoms with Crippen molar-refractivity contribution in [2.45, 2.75) is 4.34 Å². The van der Waals surface area contributed by atoms with Crippen molar-refractivity contribution >= 4 is 34.9 Å². The Morgan fingerprint density at radius 3 is 2.95 bits per heavy atom. The fourth-order valence-electron chi connectivity index (χ4n) is 1.71. The molecule has 0 N–H and O–H groups in total. The van der Waals surface area contributed by atoms with Crippen molar-refractivity contribution < 1.29 is 14.3 Å². The van der Waals surface area contributed by atoms with Gasteiger partial charge in [0.1, 0.15) is 0 Å². The van der Waals surface area contributed by atoms with Crippen LogP contribution >= 0.6 is 23.1 Å². The van der Waals surface area contributed by atoms with Gasteiger partial charge in [-0.05, 0) is 5.90 Å². The monoisotopic (exact) mass is 332 g/mol. The largest absolute Gasteiger partial charge is 0.861 e.